The lowest BCUT2D eigenvalue weighted by Crippen LogP contribution is -2.51. The topological polar surface area (TPSA) is 87.7 Å². The highest BCUT2D eigenvalue weighted by atomic mass is 16.6. The molecular formula is C10H20N3O3+. The third-order valence-electron chi connectivity index (χ3n) is 2.39. The number of aliphatic hydroxyl groups is 1. The highest BCUT2D eigenvalue weighted by Crippen LogP contribution is 2.16. The van der Waals surface area contributed by atoms with E-state index in [9.17, 15) is 9.90 Å². The van der Waals surface area contributed by atoms with Crippen molar-refractivity contribution in [2.75, 3.05) is 13.1 Å². The van der Waals surface area contributed by atoms with Crippen LogP contribution in [0.15, 0.2) is 5.11 Å². The molecule has 2 atom stereocenters. The van der Waals surface area contributed by atoms with Gasteiger partial charge in [0.15, 0.2) is 6.04 Å². The first-order valence-electron chi connectivity index (χ1n) is 5.39. The van der Waals surface area contributed by atoms with E-state index in [0.717, 1.165) is 0 Å². The second-order valence-corrected chi connectivity index (χ2v) is 5.00. The van der Waals surface area contributed by atoms with Crippen LogP contribution < -0.4 is 5.53 Å². The smallest absolute Gasteiger partial charge is 0.410 e. The lowest BCUT2D eigenvalue weighted by Gasteiger charge is -2.33. The van der Waals surface area contributed by atoms with E-state index in [1.807, 2.05) is 20.8 Å². The van der Waals surface area contributed by atoms with Crippen LogP contribution in [0.3, 0.4) is 0 Å². The Kier molecular flexibility index (Phi) is 3.85. The van der Waals surface area contributed by atoms with Crippen molar-refractivity contribution >= 4 is 6.09 Å². The Balaban J connectivity index is 2.55. The minimum atomic E-state index is -0.566. The summed E-state index contributed by atoms with van der Waals surface area (Å²) in [6.07, 6.45) is -0.471. The molecule has 1 aliphatic rings. The van der Waals surface area contributed by atoms with Crippen LogP contribution in [0.2, 0.25) is 0 Å². The van der Waals surface area contributed by atoms with E-state index in [1.165, 1.54) is 4.90 Å². The van der Waals surface area contributed by atoms with Crippen molar-refractivity contribution in [3.8, 4) is 0 Å². The number of piperidine rings is 1. The molecule has 1 heterocycles. The Morgan fingerprint density at radius 1 is 1.56 bits per heavy atom. The van der Waals surface area contributed by atoms with E-state index < -0.39 is 17.7 Å². The molecule has 0 saturated carbocycles. The fourth-order valence-corrected chi connectivity index (χ4v) is 1.56. The van der Waals surface area contributed by atoms with E-state index in [4.69, 9.17) is 10.3 Å². The third-order valence-corrected chi connectivity index (χ3v) is 2.39. The van der Waals surface area contributed by atoms with Gasteiger partial charge in [-0.1, -0.05) is 0 Å². The molecular weight excluding hydrogens is 210 g/mol. The largest absolute Gasteiger partial charge is 0.444 e. The first-order chi connectivity index (χ1) is 7.33. The molecule has 1 fully saturated rings. The Bertz CT molecular complexity index is 275. The monoisotopic (exact) mass is 230 g/mol. The highest BCUT2D eigenvalue weighted by Gasteiger charge is 2.33. The minimum absolute atomic E-state index is 0.312. The van der Waals surface area contributed by atoms with Crippen LogP contribution in [0.25, 0.3) is 0 Å². The van der Waals surface area contributed by atoms with Gasteiger partial charge in [0, 0.05) is 6.54 Å². The summed E-state index contributed by atoms with van der Waals surface area (Å²) >= 11 is 0. The van der Waals surface area contributed by atoms with Crippen LogP contribution >= 0.6 is 0 Å². The molecule has 1 saturated heterocycles. The van der Waals surface area contributed by atoms with Gasteiger partial charge >= 0.3 is 6.09 Å². The van der Waals surface area contributed by atoms with Crippen LogP contribution in [-0.2, 0) is 4.74 Å². The molecule has 6 nitrogen and oxygen atoms in total. The molecule has 0 spiro atoms. The molecule has 0 aliphatic carbocycles. The van der Waals surface area contributed by atoms with Crippen molar-refractivity contribution in [2.24, 2.45) is 5.11 Å². The molecule has 3 N–H and O–H groups in total. The maximum Gasteiger partial charge on any atom is 0.410 e. The first kappa shape index (κ1) is 12.9. The summed E-state index contributed by atoms with van der Waals surface area (Å²) < 4.78 is 5.23. The van der Waals surface area contributed by atoms with Gasteiger partial charge in [0.25, 0.3) is 0 Å². The number of amides is 1. The van der Waals surface area contributed by atoms with Gasteiger partial charge in [-0.2, -0.15) is 5.53 Å². The average Bonchev–Trinajstić information content (AvgIpc) is 2.15. The molecule has 0 radical (unpaired) electrons. The molecule has 1 aliphatic heterocycles. The van der Waals surface area contributed by atoms with Gasteiger partial charge in [0.2, 0.25) is 0 Å². The Morgan fingerprint density at radius 2 is 2.19 bits per heavy atom. The average molecular weight is 230 g/mol. The summed E-state index contributed by atoms with van der Waals surface area (Å²) in [6.45, 7) is 6.23. The van der Waals surface area contributed by atoms with E-state index in [1.54, 1.807) is 0 Å². The number of likely N-dealkylation sites (tertiary alicyclic amines) is 1. The summed E-state index contributed by atoms with van der Waals surface area (Å²) in [4.78, 5) is 13.2. The zero-order chi connectivity index (χ0) is 12.3. The summed E-state index contributed by atoms with van der Waals surface area (Å²) in [5, 5.41) is 13.1. The zero-order valence-electron chi connectivity index (χ0n) is 10.0. The van der Waals surface area contributed by atoms with Gasteiger partial charge in [0.05, 0.1) is 12.6 Å². The van der Waals surface area contributed by atoms with Crippen molar-refractivity contribution in [3.05, 3.63) is 0 Å². The van der Waals surface area contributed by atoms with Gasteiger partial charge in [0.1, 0.15) is 5.60 Å². The number of hydrogen-bond donors (Lipinski definition) is 2. The minimum Gasteiger partial charge on any atom is -0.444 e. The first-order valence-corrected chi connectivity index (χ1v) is 5.39. The van der Waals surface area contributed by atoms with Gasteiger partial charge < -0.3 is 14.7 Å². The predicted octanol–water partition coefficient (Wildman–Crippen LogP) is -0.432. The lowest BCUT2D eigenvalue weighted by molar-refractivity contribution is -0.235. The van der Waals surface area contributed by atoms with E-state index in [-0.39, 0.29) is 6.09 Å². The van der Waals surface area contributed by atoms with Gasteiger partial charge in [-0.25, -0.2) is 4.79 Å². The van der Waals surface area contributed by atoms with Crippen LogP contribution in [0, 0.1) is 0 Å². The molecule has 16 heavy (non-hydrogen) atoms. The fourth-order valence-electron chi connectivity index (χ4n) is 1.56. The number of carbonyl (C=O) groups excluding carboxylic acids is 1. The number of nitrogens with zero attached hydrogens (tertiary/aromatic N) is 2. The molecule has 0 aromatic carbocycles. The number of rotatable bonds is 1. The maximum atomic E-state index is 11.7. The molecule has 1 amide bonds. The molecule has 1 rings (SSSR count). The highest BCUT2D eigenvalue weighted by molar-refractivity contribution is 5.68. The summed E-state index contributed by atoms with van der Waals surface area (Å²) in [7, 11) is 0. The standard InChI is InChI=1S/C10H19N3O3/c1-10(2,3)16-9(15)13-5-4-8(14)7(6-13)12-11/h7-8,11,14H,4-6H2,1-3H3/p+1. The lowest BCUT2D eigenvalue weighted by atomic mass is 10.0. The van der Waals surface area contributed by atoms with Crippen LogP contribution in [-0.4, -0.2) is 46.9 Å². The number of aliphatic hydroxyl groups excluding tert-OH is 1. The summed E-state index contributed by atoms with van der Waals surface area (Å²) in [6, 6.07) is -0.415. The Morgan fingerprint density at radius 3 is 2.69 bits per heavy atom. The Hall–Kier alpha value is -1.17. The third kappa shape index (κ3) is 3.44. The number of ether oxygens (including phenoxy) is 1. The fraction of sp³-hybridized carbons (Fsp3) is 0.900. The van der Waals surface area contributed by atoms with Crippen molar-refractivity contribution in [2.45, 2.75) is 44.9 Å². The number of hydrogen-bond acceptors (Lipinski definition) is 4. The molecule has 0 aromatic rings. The maximum absolute atomic E-state index is 11.7. The van der Waals surface area contributed by atoms with Crippen molar-refractivity contribution in [1.29, 1.82) is 0 Å². The van der Waals surface area contributed by atoms with E-state index >= 15 is 0 Å². The van der Waals surface area contributed by atoms with E-state index in [0.29, 0.717) is 19.5 Å². The quantitative estimate of drug-likeness (QED) is 0.599. The molecule has 2 unspecified atom stereocenters. The predicted molar refractivity (Wildman–Crippen MR) is 56.6 cm³/mol. The summed E-state index contributed by atoms with van der Waals surface area (Å²) in [5.41, 5.74) is 4.66. The second-order valence-electron chi connectivity index (χ2n) is 5.00. The molecule has 0 bridgehead atoms. The second kappa shape index (κ2) is 4.78. The molecule has 92 valence electrons. The van der Waals surface area contributed by atoms with Gasteiger partial charge in [-0.3, -0.25) is 0 Å². The van der Waals surface area contributed by atoms with Crippen molar-refractivity contribution < 1.29 is 20.2 Å². The van der Waals surface area contributed by atoms with Gasteiger partial charge in [-0.15, -0.1) is 0 Å². The number of nitrogens with two attached hydrogens (primary N) is 1. The van der Waals surface area contributed by atoms with Crippen LogP contribution in [0.4, 0.5) is 4.79 Å². The van der Waals surface area contributed by atoms with Crippen molar-refractivity contribution in [3.63, 3.8) is 0 Å². The summed E-state index contributed by atoms with van der Waals surface area (Å²) in [5.74, 6) is 0. The zero-order valence-corrected chi connectivity index (χ0v) is 10.0. The van der Waals surface area contributed by atoms with Crippen LogP contribution in [0.5, 0.6) is 0 Å². The van der Waals surface area contributed by atoms with Crippen molar-refractivity contribution in [1.82, 2.24) is 4.90 Å². The SMILES string of the molecule is CC(C)(C)OC(=O)N1CCC(O)C(N=[NH2+])C1. The number of carbonyl (C=O) groups is 1. The van der Waals surface area contributed by atoms with Crippen LogP contribution in [0.1, 0.15) is 27.2 Å². The van der Waals surface area contributed by atoms with E-state index in [2.05, 4.69) is 5.11 Å². The normalized spacial score (nSPS) is 26.4. The van der Waals surface area contributed by atoms with Gasteiger partial charge in [-0.05, 0) is 32.3 Å². The molecule has 0 aromatic heterocycles. The Labute approximate surface area is 95.1 Å². The molecule has 6 heteroatoms.